The Balaban J connectivity index is 2.15. The molecule has 0 radical (unpaired) electrons. The summed E-state index contributed by atoms with van der Waals surface area (Å²) in [6.45, 7) is 3.81. The predicted octanol–water partition coefficient (Wildman–Crippen LogP) is 1.87. The summed E-state index contributed by atoms with van der Waals surface area (Å²) < 4.78 is 11.0. The van der Waals surface area contributed by atoms with Gasteiger partial charge in [0.2, 0.25) is 0 Å². The van der Waals surface area contributed by atoms with Gasteiger partial charge in [-0.3, -0.25) is 0 Å². The second-order valence-corrected chi connectivity index (χ2v) is 3.90. The summed E-state index contributed by atoms with van der Waals surface area (Å²) in [4.78, 5) is 0. The highest BCUT2D eigenvalue weighted by Gasteiger charge is 2.43. The molecule has 1 atom stereocenters. The van der Waals surface area contributed by atoms with Gasteiger partial charge in [-0.05, 0) is 18.6 Å². The molecule has 1 fully saturated rings. The third-order valence-corrected chi connectivity index (χ3v) is 2.89. The van der Waals surface area contributed by atoms with Crippen molar-refractivity contribution in [2.75, 3.05) is 13.2 Å². The van der Waals surface area contributed by atoms with E-state index in [1.807, 2.05) is 12.1 Å². The summed E-state index contributed by atoms with van der Waals surface area (Å²) in [5.74, 6) is 1.05. The molecule has 2 aliphatic rings. The average molecular weight is 176 g/mol. The van der Waals surface area contributed by atoms with E-state index in [9.17, 15) is 0 Å². The van der Waals surface area contributed by atoms with Crippen molar-refractivity contribution in [3.8, 4) is 5.75 Å². The number of hydrogen-bond donors (Lipinski definition) is 0. The minimum atomic E-state index is -0.0148. The Kier molecular flexibility index (Phi) is 1.29. The fourth-order valence-corrected chi connectivity index (χ4v) is 1.98. The first-order chi connectivity index (χ1) is 6.30. The van der Waals surface area contributed by atoms with Crippen LogP contribution in [-0.4, -0.2) is 13.2 Å². The molecule has 13 heavy (non-hydrogen) atoms. The molecule has 1 saturated heterocycles. The maximum atomic E-state index is 5.51. The molecule has 0 N–H and O–H groups in total. The molecule has 0 saturated carbocycles. The van der Waals surface area contributed by atoms with Crippen molar-refractivity contribution >= 4 is 0 Å². The summed E-state index contributed by atoms with van der Waals surface area (Å²) in [6.07, 6.45) is 1.03. The molecule has 2 heteroatoms. The Morgan fingerprint density at radius 3 is 3.00 bits per heavy atom. The van der Waals surface area contributed by atoms with Gasteiger partial charge in [-0.2, -0.15) is 0 Å². The molecule has 1 aromatic carbocycles. The molecule has 1 aromatic rings. The summed E-state index contributed by atoms with van der Waals surface area (Å²) in [7, 11) is 0. The fraction of sp³-hybridized carbons (Fsp3) is 0.455. The Morgan fingerprint density at radius 2 is 2.23 bits per heavy atom. The van der Waals surface area contributed by atoms with E-state index in [-0.39, 0.29) is 5.60 Å². The van der Waals surface area contributed by atoms with Gasteiger partial charge in [-0.25, -0.2) is 0 Å². The van der Waals surface area contributed by atoms with Gasteiger partial charge in [0.15, 0.2) is 0 Å². The van der Waals surface area contributed by atoms with Crippen molar-refractivity contribution in [2.45, 2.75) is 18.9 Å². The topological polar surface area (TPSA) is 21.8 Å². The van der Waals surface area contributed by atoms with E-state index in [1.165, 1.54) is 11.1 Å². The quantitative estimate of drug-likeness (QED) is 0.609. The van der Waals surface area contributed by atoms with E-state index < -0.39 is 0 Å². The third kappa shape index (κ3) is 0.985. The first kappa shape index (κ1) is 7.39. The lowest BCUT2D eigenvalue weighted by Crippen LogP contribution is -2.05. The Labute approximate surface area is 77.5 Å². The number of fused-ring (bicyclic) bond motifs is 1. The molecule has 3 rings (SSSR count). The first-order valence-corrected chi connectivity index (χ1v) is 4.69. The van der Waals surface area contributed by atoms with Crippen molar-refractivity contribution in [1.82, 2.24) is 0 Å². The molecular formula is C11H12O2. The number of ether oxygens (including phenoxy) is 2. The van der Waals surface area contributed by atoms with Crippen LogP contribution in [0.25, 0.3) is 0 Å². The molecule has 0 spiro atoms. The maximum absolute atomic E-state index is 5.51. The zero-order chi connectivity index (χ0) is 8.89. The second-order valence-electron chi connectivity index (χ2n) is 3.90. The standard InChI is InChI=1S/C11H12O2/c1-11(7-13-11)9-3-2-4-10-8(9)5-6-12-10/h2-4H,5-7H2,1H3/t11-/m1/s1. The highest BCUT2D eigenvalue weighted by atomic mass is 16.6. The molecule has 0 unspecified atom stereocenters. The Hall–Kier alpha value is -1.02. The van der Waals surface area contributed by atoms with Crippen LogP contribution in [0, 0.1) is 0 Å². The van der Waals surface area contributed by atoms with E-state index in [2.05, 4.69) is 13.0 Å². The van der Waals surface area contributed by atoms with Crippen LogP contribution >= 0.6 is 0 Å². The SMILES string of the molecule is C[C@]1(c2cccc3c2CCO3)CO1. The predicted molar refractivity (Wildman–Crippen MR) is 48.9 cm³/mol. The highest BCUT2D eigenvalue weighted by Crippen LogP contribution is 2.43. The van der Waals surface area contributed by atoms with Gasteiger partial charge < -0.3 is 9.47 Å². The van der Waals surface area contributed by atoms with Crippen LogP contribution in [0.1, 0.15) is 18.1 Å². The minimum absolute atomic E-state index is 0.0148. The fourth-order valence-electron chi connectivity index (χ4n) is 1.98. The van der Waals surface area contributed by atoms with Crippen molar-refractivity contribution in [3.05, 3.63) is 29.3 Å². The van der Waals surface area contributed by atoms with E-state index in [0.29, 0.717) is 0 Å². The van der Waals surface area contributed by atoms with Crippen LogP contribution in [0.3, 0.4) is 0 Å². The second kappa shape index (κ2) is 2.26. The number of rotatable bonds is 1. The zero-order valence-electron chi connectivity index (χ0n) is 7.67. The number of epoxide rings is 1. The van der Waals surface area contributed by atoms with Gasteiger partial charge in [-0.1, -0.05) is 12.1 Å². The number of hydrogen-bond acceptors (Lipinski definition) is 2. The van der Waals surface area contributed by atoms with Crippen molar-refractivity contribution in [2.24, 2.45) is 0 Å². The first-order valence-electron chi connectivity index (χ1n) is 4.69. The van der Waals surface area contributed by atoms with Crippen LogP contribution in [-0.2, 0) is 16.8 Å². The van der Waals surface area contributed by atoms with Crippen molar-refractivity contribution in [3.63, 3.8) is 0 Å². The Morgan fingerprint density at radius 1 is 1.38 bits per heavy atom. The minimum Gasteiger partial charge on any atom is -0.493 e. The third-order valence-electron chi connectivity index (χ3n) is 2.89. The monoisotopic (exact) mass is 176 g/mol. The summed E-state index contributed by atoms with van der Waals surface area (Å²) in [5, 5.41) is 0. The van der Waals surface area contributed by atoms with Crippen LogP contribution in [0.15, 0.2) is 18.2 Å². The van der Waals surface area contributed by atoms with Gasteiger partial charge in [0.25, 0.3) is 0 Å². The lowest BCUT2D eigenvalue weighted by Gasteiger charge is -2.09. The largest absolute Gasteiger partial charge is 0.493 e. The molecule has 68 valence electrons. The van der Waals surface area contributed by atoms with E-state index in [0.717, 1.165) is 25.4 Å². The van der Waals surface area contributed by atoms with E-state index in [1.54, 1.807) is 0 Å². The van der Waals surface area contributed by atoms with Crippen LogP contribution < -0.4 is 4.74 Å². The lowest BCUT2D eigenvalue weighted by atomic mass is 9.95. The highest BCUT2D eigenvalue weighted by molar-refractivity contribution is 5.46. The molecule has 0 bridgehead atoms. The maximum Gasteiger partial charge on any atom is 0.123 e. The van der Waals surface area contributed by atoms with E-state index >= 15 is 0 Å². The van der Waals surface area contributed by atoms with Gasteiger partial charge >= 0.3 is 0 Å². The van der Waals surface area contributed by atoms with Crippen molar-refractivity contribution in [1.29, 1.82) is 0 Å². The molecule has 2 aliphatic heterocycles. The Bertz CT molecular complexity index is 353. The molecular weight excluding hydrogens is 164 g/mol. The molecule has 0 aromatic heterocycles. The van der Waals surface area contributed by atoms with Gasteiger partial charge in [0.1, 0.15) is 11.4 Å². The van der Waals surface area contributed by atoms with E-state index in [4.69, 9.17) is 9.47 Å². The molecule has 2 nitrogen and oxygen atoms in total. The van der Waals surface area contributed by atoms with Gasteiger partial charge in [0, 0.05) is 12.0 Å². The average Bonchev–Trinajstić information content (AvgIpc) is 2.72. The smallest absolute Gasteiger partial charge is 0.123 e. The van der Waals surface area contributed by atoms with Crippen molar-refractivity contribution < 1.29 is 9.47 Å². The summed E-state index contributed by atoms with van der Waals surface area (Å²) in [5.41, 5.74) is 2.66. The van der Waals surface area contributed by atoms with Crippen LogP contribution in [0.4, 0.5) is 0 Å². The summed E-state index contributed by atoms with van der Waals surface area (Å²) >= 11 is 0. The van der Waals surface area contributed by atoms with Crippen LogP contribution in [0.5, 0.6) is 5.75 Å². The molecule has 2 heterocycles. The molecule has 0 aliphatic carbocycles. The lowest BCUT2D eigenvalue weighted by molar-refractivity contribution is 0.328. The zero-order valence-corrected chi connectivity index (χ0v) is 7.67. The molecule has 0 amide bonds. The van der Waals surface area contributed by atoms with Gasteiger partial charge in [-0.15, -0.1) is 0 Å². The van der Waals surface area contributed by atoms with Gasteiger partial charge in [0.05, 0.1) is 13.2 Å². The van der Waals surface area contributed by atoms with Crippen LogP contribution in [0.2, 0.25) is 0 Å². The number of benzene rings is 1. The normalized spacial score (nSPS) is 29.6. The summed E-state index contributed by atoms with van der Waals surface area (Å²) in [6, 6.07) is 6.24.